The molecule has 7 atom stereocenters. The van der Waals surface area contributed by atoms with Gasteiger partial charge in [0.25, 0.3) is 0 Å². The third-order valence-electron chi connectivity index (χ3n) is 9.64. The molecule has 0 spiro atoms. The first-order valence-electron chi connectivity index (χ1n) is 15.8. The second-order valence-corrected chi connectivity index (χ2v) is 14.2. The van der Waals surface area contributed by atoms with Gasteiger partial charge in [-0.3, -0.25) is 19.3 Å². The van der Waals surface area contributed by atoms with Gasteiger partial charge in [-0.2, -0.15) is 0 Å². The molecule has 47 heavy (non-hydrogen) atoms. The molecule has 2 amide bonds. The number of benzene rings is 2. The van der Waals surface area contributed by atoms with Crippen molar-refractivity contribution in [2.24, 2.45) is 29.6 Å². The molecule has 4 aliphatic rings. The van der Waals surface area contributed by atoms with Crippen LogP contribution >= 0.6 is 23.1 Å². The Morgan fingerprint density at radius 2 is 1.60 bits per heavy atom. The summed E-state index contributed by atoms with van der Waals surface area (Å²) in [4.78, 5) is 70.0. The minimum atomic E-state index is -0.482. The first kappa shape index (κ1) is 31.5. The summed E-state index contributed by atoms with van der Waals surface area (Å²) >= 11 is 2.79. The van der Waals surface area contributed by atoms with Crippen LogP contribution in [0.3, 0.4) is 0 Å². The SMILES string of the molecule is CCOC(=O)COc1ccc([C@@H]2c3sc(=O)[nH]c3S[C@@H]3[C@@H]4C[C@@H]([C@@H]5C(=O)N(c6ccc(C(=O)OCC)cc6)C(=O)[C@@H]45)[C@H]23)cc1OCC. The van der Waals surface area contributed by atoms with Crippen LogP contribution < -0.4 is 19.2 Å². The number of anilines is 1. The highest BCUT2D eigenvalue weighted by molar-refractivity contribution is 8.00. The Labute approximate surface area is 278 Å². The maximum atomic E-state index is 14.1. The van der Waals surface area contributed by atoms with E-state index in [2.05, 4.69) is 4.98 Å². The van der Waals surface area contributed by atoms with E-state index in [-0.39, 0.29) is 65.4 Å². The monoisotopic (exact) mass is 678 g/mol. The Morgan fingerprint density at radius 1 is 0.872 bits per heavy atom. The van der Waals surface area contributed by atoms with E-state index < -0.39 is 23.8 Å². The Morgan fingerprint density at radius 3 is 2.30 bits per heavy atom. The van der Waals surface area contributed by atoms with Gasteiger partial charge in [0.2, 0.25) is 11.8 Å². The van der Waals surface area contributed by atoms with Gasteiger partial charge in [0, 0.05) is 16.0 Å². The lowest BCUT2D eigenvalue weighted by Crippen LogP contribution is -2.42. The number of aromatic nitrogens is 1. The molecule has 3 aromatic rings. The summed E-state index contributed by atoms with van der Waals surface area (Å²) in [5.41, 5.74) is 1.71. The maximum Gasteiger partial charge on any atom is 0.344 e. The summed E-state index contributed by atoms with van der Waals surface area (Å²) in [6.07, 6.45) is 0.750. The summed E-state index contributed by atoms with van der Waals surface area (Å²) < 4.78 is 21.8. The topological polar surface area (TPSA) is 141 Å². The number of thioether (sulfide) groups is 1. The van der Waals surface area contributed by atoms with Gasteiger partial charge in [-0.05, 0) is 86.9 Å². The number of H-pyrrole nitrogens is 1. The molecule has 1 aromatic heterocycles. The van der Waals surface area contributed by atoms with Crippen molar-refractivity contribution in [3.05, 3.63) is 68.1 Å². The lowest BCUT2D eigenvalue weighted by Gasteiger charge is -2.43. The van der Waals surface area contributed by atoms with E-state index in [1.54, 1.807) is 55.9 Å². The highest BCUT2D eigenvalue weighted by atomic mass is 32.2. The van der Waals surface area contributed by atoms with E-state index >= 15 is 0 Å². The van der Waals surface area contributed by atoms with Gasteiger partial charge in [-0.15, -0.1) is 11.8 Å². The van der Waals surface area contributed by atoms with Gasteiger partial charge in [0.15, 0.2) is 18.1 Å². The van der Waals surface area contributed by atoms with Crippen molar-refractivity contribution in [1.29, 1.82) is 0 Å². The molecule has 2 bridgehead atoms. The van der Waals surface area contributed by atoms with Gasteiger partial charge < -0.3 is 23.9 Å². The molecule has 2 aliphatic heterocycles. The summed E-state index contributed by atoms with van der Waals surface area (Å²) in [5, 5.41) is 0.821. The molecule has 2 saturated carbocycles. The number of imide groups is 1. The van der Waals surface area contributed by atoms with Crippen molar-refractivity contribution in [3.8, 4) is 11.5 Å². The van der Waals surface area contributed by atoms with E-state index in [9.17, 15) is 24.0 Å². The van der Waals surface area contributed by atoms with Crippen LogP contribution in [0, 0.1) is 29.6 Å². The zero-order valence-corrected chi connectivity index (χ0v) is 27.7. The number of hydrogen-bond donors (Lipinski definition) is 1. The first-order chi connectivity index (χ1) is 22.7. The fourth-order valence-electron chi connectivity index (χ4n) is 8.05. The minimum Gasteiger partial charge on any atom is -0.490 e. The molecule has 246 valence electrons. The highest BCUT2D eigenvalue weighted by Crippen LogP contribution is 2.68. The molecule has 13 heteroatoms. The molecule has 0 radical (unpaired) electrons. The molecule has 3 fully saturated rings. The predicted molar refractivity (Wildman–Crippen MR) is 173 cm³/mol. The molecule has 7 rings (SSSR count). The zero-order chi connectivity index (χ0) is 33.0. The number of esters is 2. The van der Waals surface area contributed by atoms with Crippen molar-refractivity contribution in [2.45, 2.75) is 43.4 Å². The number of fused-ring (bicyclic) bond motifs is 9. The van der Waals surface area contributed by atoms with Crippen LogP contribution in [-0.2, 0) is 23.9 Å². The summed E-state index contributed by atoms with van der Waals surface area (Å²) in [6.45, 7) is 5.93. The van der Waals surface area contributed by atoms with Crippen LogP contribution in [0.15, 0.2) is 52.3 Å². The summed E-state index contributed by atoms with van der Waals surface area (Å²) in [7, 11) is 0. The van der Waals surface area contributed by atoms with Gasteiger partial charge in [0.05, 0.1) is 47.9 Å². The second-order valence-electron chi connectivity index (χ2n) is 12.0. The van der Waals surface area contributed by atoms with Crippen molar-refractivity contribution in [3.63, 3.8) is 0 Å². The van der Waals surface area contributed by atoms with E-state index in [0.29, 0.717) is 29.4 Å². The summed E-state index contributed by atoms with van der Waals surface area (Å²) in [6, 6.07) is 12.0. The van der Waals surface area contributed by atoms with Crippen LogP contribution in [0.4, 0.5) is 5.69 Å². The molecule has 2 aliphatic carbocycles. The number of amides is 2. The van der Waals surface area contributed by atoms with E-state index in [1.165, 1.54) is 16.2 Å². The molecule has 1 saturated heterocycles. The van der Waals surface area contributed by atoms with E-state index in [0.717, 1.165) is 21.9 Å². The van der Waals surface area contributed by atoms with Crippen LogP contribution in [0.2, 0.25) is 0 Å². The molecule has 1 N–H and O–H groups in total. The number of carbonyl (C=O) groups is 4. The molecular weight excluding hydrogens is 645 g/mol. The minimum absolute atomic E-state index is 0.00568. The number of aromatic amines is 1. The highest BCUT2D eigenvalue weighted by Gasteiger charge is 2.69. The molecule has 11 nitrogen and oxygen atoms in total. The molecule has 3 heterocycles. The van der Waals surface area contributed by atoms with Crippen molar-refractivity contribution in [2.75, 3.05) is 31.3 Å². The number of hydrogen-bond acceptors (Lipinski definition) is 11. The van der Waals surface area contributed by atoms with E-state index in [4.69, 9.17) is 18.9 Å². The number of nitrogens with one attached hydrogen (secondary N) is 1. The standard InChI is InChI=1S/C34H34N2O9S2/c1-4-42-22-13-17(9-12-21(22)45-15-23(37)43-5-2)24-25-19-14-20(28(25)46-30-29(24)47-34(41)35-30)27-26(19)31(38)36(32(27)39)18-10-7-16(8-11-18)33(40)44-6-3/h7-13,19-20,24-28H,4-6,14-15H2,1-3H3,(H,35,41)/t19-,20-,24+,25-,26+,27+,28-/m1/s1. The largest absolute Gasteiger partial charge is 0.490 e. The van der Waals surface area contributed by atoms with Gasteiger partial charge in [-0.25, -0.2) is 9.59 Å². The van der Waals surface area contributed by atoms with Gasteiger partial charge in [0.1, 0.15) is 0 Å². The molecular formula is C34H34N2O9S2. The lowest BCUT2D eigenvalue weighted by atomic mass is 9.68. The normalized spacial score (nSPS) is 26.9. The number of thiazole rings is 1. The third-order valence-corrected chi connectivity index (χ3v) is 12.2. The number of carbonyl (C=O) groups excluding carboxylic acids is 4. The Balaban J connectivity index is 1.22. The Hall–Kier alpha value is -4.10. The zero-order valence-electron chi connectivity index (χ0n) is 26.1. The number of nitrogens with zero attached hydrogens (tertiary/aromatic N) is 1. The third kappa shape index (κ3) is 5.23. The van der Waals surface area contributed by atoms with Crippen LogP contribution in [0.25, 0.3) is 0 Å². The number of rotatable bonds is 10. The molecule has 0 unspecified atom stereocenters. The predicted octanol–water partition coefficient (Wildman–Crippen LogP) is 4.63. The summed E-state index contributed by atoms with van der Waals surface area (Å²) in [5.74, 6) is -1.76. The van der Waals surface area contributed by atoms with Crippen molar-refractivity contribution in [1.82, 2.24) is 4.98 Å². The fraction of sp³-hybridized carbons (Fsp3) is 0.441. The van der Waals surface area contributed by atoms with Crippen LogP contribution in [0.1, 0.15) is 53.9 Å². The van der Waals surface area contributed by atoms with E-state index in [1.807, 2.05) is 19.1 Å². The lowest BCUT2D eigenvalue weighted by molar-refractivity contribution is -0.145. The smallest absolute Gasteiger partial charge is 0.344 e. The first-order valence-corrected chi connectivity index (χ1v) is 17.5. The quantitative estimate of drug-likeness (QED) is 0.238. The molecule has 2 aromatic carbocycles. The Kier molecular flexibility index (Phi) is 8.37. The Bertz CT molecular complexity index is 1800. The van der Waals surface area contributed by atoms with Crippen LogP contribution in [-0.4, -0.2) is 60.4 Å². The van der Waals surface area contributed by atoms with Crippen molar-refractivity contribution < 1.29 is 38.1 Å². The number of ether oxygens (including phenoxy) is 4. The second kappa shape index (κ2) is 12.5. The van der Waals surface area contributed by atoms with Gasteiger partial charge in [-0.1, -0.05) is 17.4 Å². The average Bonchev–Trinajstić information content (AvgIpc) is 3.79. The average molecular weight is 679 g/mol. The van der Waals surface area contributed by atoms with Crippen LogP contribution in [0.5, 0.6) is 11.5 Å². The van der Waals surface area contributed by atoms with Gasteiger partial charge >= 0.3 is 16.8 Å². The maximum absolute atomic E-state index is 14.1. The van der Waals surface area contributed by atoms with Crippen molar-refractivity contribution >= 4 is 52.5 Å². The fourth-order valence-corrected chi connectivity index (χ4v) is 10.9.